The van der Waals surface area contributed by atoms with Crippen LogP contribution in [0.4, 0.5) is 17.6 Å². The Labute approximate surface area is 172 Å². The zero-order valence-corrected chi connectivity index (χ0v) is 15.8. The molecule has 0 aliphatic rings. The van der Waals surface area contributed by atoms with Gasteiger partial charge in [0.05, 0.1) is 17.6 Å². The number of aromatic nitrogens is 4. The number of halogens is 4. The molecule has 0 unspecified atom stereocenters. The standard InChI is InChI=1S/C21H14F4N4O2/c22-16-3-1-2-4-17(16)29-18(9-11-26-29)20-19(30)10-12-28(27-20)14-5-7-15(8-6-14)31-13-21(23,24)25/h1-12H,13H2. The predicted molar refractivity (Wildman–Crippen MR) is 104 cm³/mol. The summed E-state index contributed by atoms with van der Waals surface area (Å²) in [5.74, 6) is -0.474. The Morgan fingerprint density at radius 3 is 2.42 bits per heavy atom. The minimum Gasteiger partial charge on any atom is -0.484 e. The lowest BCUT2D eigenvalue weighted by Crippen LogP contribution is -2.19. The first-order valence-electron chi connectivity index (χ1n) is 9.01. The molecule has 4 rings (SSSR count). The van der Waals surface area contributed by atoms with Gasteiger partial charge < -0.3 is 4.74 Å². The van der Waals surface area contributed by atoms with Crippen LogP contribution in [0.3, 0.4) is 0 Å². The fourth-order valence-corrected chi connectivity index (χ4v) is 2.89. The third-order valence-corrected chi connectivity index (χ3v) is 4.28. The first-order valence-corrected chi connectivity index (χ1v) is 9.01. The van der Waals surface area contributed by atoms with E-state index in [2.05, 4.69) is 14.9 Å². The normalized spacial score (nSPS) is 11.5. The SMILES string of the molecule is O=c1ccn(-c2ccc(OCC(F)(F)F)cc2)nc1-c1ccnn1-c1ccccc1F. The highest BCUT2D eigenvalue weighted by Crippen LogP contribution is 2.22. The summed E-state index contributed by atoms with van der Waals surface area (Å²) >= 11 is 0. The van der Waals surface area contributed by atoms with E-state index in [0.717, 1.165) is 0 Å². The summed E-state index contributed by atoms with van der Waals surface area (Å²) in [6.45, 7) is -1.40. The van der Waals surface area contributed by atoms with Gasteiger partial charge >= 0.3 is 6.18 Å². The first-order chi connectivity index (χ1) is 14.8. The van der Waals surface area contributed by atoms with Gasteiger partial charge in [-0.3, -0.25) is 4.79 Å². The lowest BCUT2D eigenvalue weighted by Gasteiger charge is -2.11. The van der Waals surface area contributed by atoms with E-state index in [9.17, 15) is 22.4 Å². The van der Waals surface area contributed by atoms with Gasteiger partial charge in [-0.25, -0.2) is 13.8 Å². The van der Waals surface area contributed by atoms with Crippen molar-refractivity contribution in [3.63, 3.8) is 0 Å². The van der Waals surface area contributed by atoms with Crippen LogP contribution in [0.5, 0.6) is 5.75 Å². The van der Waals surface area contributed by atoms with Gasteiger partial charge in [-0.05, 0) is 42.5 Å². The number of nitrogens with zero attached hydrogens (tertiary/aromatic N) is 4. The average molecular weight is 430 g/mol. The maximum absolute atomic E-state index is 14.2. The smallest absolute Gasteiger partial charge is 0.422 e. The molecule has 0 aliphatic heterocycles. The highest BCUT2D eigenvalue weighted by atomic mass is 19.4. The maximum Gasteiger partial charge on any atom is 0.422 e. The van der Waals surface area contributed by atoms with Gasteiger partial charge in [0.25, 0.3) is 0 Å². The molecule has 0 saturated heterocycles. The third-order valence-electron chi connectivity index (χ3n) is 4.28. The number of para-hydroxylation sites is 1. The van der Waals surface area contributed by atoms with Gasteiger partial charge in [0.2, 0.25) is 5.43 Å². The molecular formula is C21H14F4N4O2. The number of rotatable bonds is 5. The fraction of sp³-hybridized carbons (Fsp3) is 0.0952. The molecule has 0 aliphatic carbocycles. The van der Waals surface area contributed by atoms with Gasteiger partial charge in [0, 0.05) is 12.3 Å². The summed E-state index contributed by atoms with van der Waals surface area (Å²) in [6.07, 6.45) is -1.59. The number of ether oxygens (including phenoxy) is 1. The Hall–Kier alpha value is -3.95. The summed E-state index contributed by atoms with van der Waals surface area (Å²) in [6, 6.07) is 14.5. The fourth-order valence-electron chi connectivity index (χ4n) is 2.89. The molecule has 0 amide bonds. The molecule has 2 aromatic carbocycles. The lowest BCUT2D eigenvalue weighted by molar-refractivity contribution is -0.153. The third kappa shape index (κ3) is 4.47. The van der Waals surface area contributed by atoms with Crippen LogP contribution in [0.25, 0.3) is 22.8 Å². The van der Waals surface area contributed by atoms with Crippen LogP contribution in [-0.4, -0.2) is 32.3 Å². The summed E-state index contributed by atoms with van der Waals surface area (Å²) in [5.41, 5.74) is 0.553. The second kappa shape index (κ2) is 8.05. The van der Waals surface area contributed by atoms with E-state index in [0.29, 0.717) is 5.69 Å². The molecule has 2 heterocycles. The molecule has 0 bridgehead atoms. The molecule has 6 nitrogen and oxygen atoms in total. The lowest BCUT2D eigenvalue weighted by atomic mass is 10.2. The van der Waals surface area contributed by atoms with Crippen LogP contribution >= 0.6 is 0 Å². The van der Waals surface area contributed by atoms with E-state index in [1.165, 1.54) is 76.4 Å². The number of hydrogen-bond donors (Lipinski definition) is 0. The molecule has 0 saturated carbocycles. The van der Waals surface area contributed by atoms with Crippen molar-refractivity contribution in [3.05, 3.63) is 89.1 Å². The molecule has 31 heavy (non-hydrogen) atoms. The topological polar surface area (TPSA) is 61.9 Å². The van der Waals surface area contributed by atoms with E-state index in [1.807, 2.05) is 0 Å². The van der Waals surface area contributed by atoms with Crippen molar-refractivity contribution in [2.24, 2.45) is 0 Å². The predicted octanol–water partition coefficient (Wildman–Crippen LogP) is 4.17. The average Bonchev–Trinajstić information content (AvgIpc) is 3.22. The minimum atomic E-state index is -4.44. The molecule has 0 spiro atoms. The minimum absolute atomic E-state index is 0.0284. The van der Waals surface area contributed by atoms with Crippen LogP contribution in [0, 0.1) is 5.82 Å². The largest absolute Gasteiger partial charge is 0.484 e. The van der Waals surface area contributed by atoms with Crippen molar-refractivity contribution in [1.29, 1.82) is 0 Å². The van der Waals surface area contributed by atoms with E-state index in [1.54, 1.807) is 6.07 Å². The Kier molecular flexibility index (Phi) is 5.28. The van der Waals surface area contributed by atoms with Crippen molar-refractivity contribution in [3.8, 4) is 28.5 Å². The molecule has 0 N–H and O–H groups in total. The molecular weight excluding hydrogens is 416 g/mol. The van der Waals surface area contributed by atoms with E-state index < -0.39 is 24.0 Å². The van der Waals surface area contributed by atoms with Crippen LogP contribution < -0.4 is 10.2 Å². The number of alkyl halides is 3. The highest BCUT2D eigenvalue weighted by molar-refractivity contribution is 5.57. The van der Waals surface area contributed by atoms with Crippen molar-refractivity contribution in [1.82, 2.24) is 19.6 Å². The summed E-state index contributed by atoms with van der Waals surface area (Å²) in [5, 5.41) is 8.41. The number of benzene rings is 2. The Bertz CT molecular complexity index is 1260. The van der Waals surface area contributed by atoms with Gasteiger partial charge in [-0.1, -0.05) is 12.1 Å². The zero-order chi connectivity index (χ0) is 22.0. The highest BCUT2D eigenvalue weighted by Gasteiger charge is 2.28. The van der Waals surface area contributed by atoms with Crippen LogP contribution in [0.1, 0.15) is 0 Å². The monoisotopic (exact) mass is 430 g/mol. The van der Waals surface area contributed by atoms with Crippen molar-refractivity contribution < 1.29 is 22.3 Å². The Balaban J connectivity index is 1.68. The second-order valence-corrected chi connectivity index (χ2v) is 6.45. The Morgan fingerprint density at radius 2 is 1.71 bits per heavy atom. The van der Waals surface area contributed by atoms with Crippen LogP contribution in [0.2, 0.25) is 0 Å². The molecule has 0 fully saturated rings. The first kappa shape index (κ1) is 20.3. The molecule has 0 radical (unpaired) electrons. The van der Waals surface area contributed by atoms with Gasteiger partial charge in [0.15, 0.2) is 12.3 Å². The van der Waals surface area contributed by atoms with Crippen molar-refractivity contribution in [2.75, 3.05) is 6.61 Å². The van der Waals surface area contributed by atoms with Crippen molar-refractivity contribution in [2.45, 2.75) is 6.18 Å². The number of hydrogen-bond acceptors (Lipinski definition) is 4. The molecule has 10 heteroatoms. The van der Waals surface area contributed by atoms with Crippen LogP contribution in [-0.2, 0) is 0 Å². The summed E-state index contributed by atoms with van der Waals surface area (Å²) in [7, 11) is 0. The van der Waals surface area contributed by atoms with E-state index >= 15 is 0 Å². The van der Waals surface area contributed by atoms with Gasteiger partial charge in [-0.2, -0.15) is 23.4 Å². The molecule has 2 aromatic heterocycles. The summed E-state index contributed by atoms with van der Waals surface area (Å²) in [4.78, 5) is 12.5. The van der Waals surface area contributed by atoms with Crippen LogP contribution in [0.15, 0.2) is 77.9 Å². The molecule has 158 valence electrons. The van der Waals surface area contributed by atoms with Gasteiger partial charge in [-0.15, -0.1) is 0 Å². The van der Waals surface area contributed by atoms with Gasteiger partial charge in [0.1, 0.15) is 17.3 Å². The van der Waals surface area contributed by atoms with E-state index in [-0.39, 0.29) is 22.8 Å². The zero-order valence-electron chi connectivity index (χ0n) is 15.8. The maximum atomic E-state index is 14.2. The summed E-state index contributed by atoms with van der Waals surface area (Å²) < 4.78 is 58.4. The molecule has 0 atom stereocenters. The van der Waals surface area contributed by atoms with Crippen molar-refractivity contribution >= 4 is 0 Å². The van der Waals surface area contributed by atoms with E-state index in [4.69, 9.17) is 0 Å². The second-order valence-electron chi connectivity index (χ2n) is 6.45. The quantitative estimate of drug-likeness (QED) is 0.446. The Morgan fingerprint density at radius 1 is 0.968 bits per heavy atom. The molecule has 4 aromatic rings.